The normalized spacial score (nSPS) is 13.8. The van der Waals surface area contributed by atoms with E-state index in [9.17, 15) is 9.59 Å². The molecular formula is C11H22N2O4S. The molecule has 0 aliphatic heterocycles. The van der Waals surface area contributed by atoms with Crippen LogP contribution < -0.4 is 5.32 Å². The standard InChI is InChI=1S/C11H22N2O4S/c1-8(7-17-3)13(2)11(16)12-9(10(14)15)5-6-18-4/h8-9H,5-7H2,1-4H3,(H,12,16)(H,14,15)/t8?,9-/m1/s1. The molecule has 18 heavy (non-hydrogen) atoms. The van der Waals surface area contributed by atoms with Crippen molar-refractivity contribution < 1.29 is 19.4 Å². The van der Waals surface area contributed by atoms with E-state index in [0.717, 1.165) is 0 Å². The third-order valence-corrected chi connectivity index (χ3v) is 3.24. The monoisotopic (exact) mass is 278 g/mol. The molecule has 2 atom stereocenters. The van der Waals surface area contributed by atoms with Crippen LogP contribution in [0.15, 0.2) is 0 Å². The van der Waals surface area contributed by atoms with Crippen molar-refractivity contribution in [3.05, 3.63) is 0 Å². The van der Waals surface area contributed by atoms with Crippen LogP contribution in [0.2, 0.25) is 0 Å². The van der Waals surface area contributed by atoms with Crippen LogP contribution in [0, 0.1) is 0 Å². The predicted octanol–water partition coefficient (Wildman–Crippen LogP) is 0.869. The van der Waals surface area contributed by atoms with Gasteiger partial charge in [0.05, 0.1) is 12.6 Å². The number of nitrogens with one attached hydrogen (secondary N) is 1. The minimum Gasteiger partial charge on any atom is -0.480 e. The molecule has 0 aliphatic carbocycles. The highest BCUT2D eigenvalue weighted by atomic mass is 32.2. The molecule has 0 saturated carbocycles. The highest BCUT2D eigenvalue weighted by molar-refractivity contribution is 7.98. The lowest BCUT2D eigenvalue weighted by Gasteiger charge is -2.26. The molecule has 0 spiro atoms. The number of methoxy groups -OCH3 is 1. The smallest absolute Gasteiger partial charge is 0.326 e. The second-order valence-corrected chi connectivity index (χ2v) is 5.02. The first-order chi connectivity index (χ1) is 8.43. The van der Waals surface area contributed by atoms with Gasteiger partial charge < -0.3 is 20.1 Å². The summed E-state index contributed by atoms with van der Waals surface area (Å²) in [7, 11) is 3.17. The highest BCUT2D eigenvalue weighted by Gasteiger charge is 2.23. The second-order valence-electron chi connectivity index (χ2n) is 4.04. The Kier molecular flexibility index (Phi) is 8.57. The summed E-state index contributed by atoms with van der Waals surface area (Å²) in [5.74, 6) is -0.320. The molecule has 0 rings (SSSR count). The van der Waals surface area contributed by atoms with Crippen LogP contribution in [-0.4, -0.2) is 66.9 Å². The molecule has 2 amide bonds. The van der Waals surface area contributed by atoms with Crippen molar-refractivity contribution in [2.24, 2.45) is 0 Å². The highest BCUT2D eigenvalue weighted by Crippen LogP contribution is 2.03. The molecule has 0 aromatic carbocycles. The van der Waals surface area contributed by atoms with Gasteiger partial charge in [0, 0.05) is 14.2 Å². The van der Waals surface area contributed by atoms with Crippen molar-refractivity contribution in [3.8, 4) is 0 Å². The van der Waals surface area contributed by atoms with Crippen LogP contribution in [0.25, 0.3) is 0 Å². The number of rotatable bonds is 8. The lowest BCUT2D eigenvalue weighted by atomic mass is 10.2. The molecule has 1 unspecified atom stereocenters. The Labute approximate surface area is 112 Å². The molecule has 0 saturated heterocycles. The zero-order valence-electron chi connectivity index (χ0n) is 11.3. The number of nitrogens with zero attached hydrogens (tertiary/aromatic N) is 1. The topological polar surface area (TPSA) is 78.9 Å². The van der Waals surface area contributed by atoms with Gasteiger partial charge >= 0.3 is 12.0 Å². The summed E-state index contributed by atoms with van der Waals surface area (Å²) in [5, 5.41) is 11.5. The van der Waals surface area contributed by atoms with Gasteiger partial charge in [-0.2, -0.15) is 11.8 Å². The molecule has 0 fully saturated rings. The van der Waals surface area contributed by atoms with Gasteiger partial charge in [-0.3, -0.25) is 0 Å². The Balaban J connectivity index is 4.35. The number of likely N-dealkylation sites (N-methyl/N-ethyl adjacent to an activating group) is 1. The van der Waals surface area contributed by atoms with Crippen molar-refractivity contribution in [2.45, 2.75) is 25.4 Å². The van der Waals surface area contributed by atoms with E-state index in [4.69, 9.17) is 9.84 Å². The molecule has 2 N–H and O–H groups in total. The van der Waals surface area contributed by atoms with Crippen molar-refractivity contribution in [2.75, 3.05) is 32.8 Å². The van der Waals surface area contributed by atoms with Crippen LogP contribution in [0.5, 0.6) is 0 Å². The average Bonchev–Trinajstić information content (AvgIpc) is 2.33. The first-order valence-electron chi connectivity index (χ1n) is 5.68. The molecule has 0 bridgehead atoms. The van der Waals surface area contributed by atoms with E-state index >= 15 is 0 Å². The fourth-order valence-corrected chi connectivity index (χ4v) is 1.77. The van der Waals surface area contributed by atoms with Crippen LogP contribution in [0.3, 0.4) is 0 Å². The molecule has 0 heterocycles. The zero-order chi connectivity index (χ0) is 14.1. The molecule has 7 heteroatoms. The summed E-state index contributed by atoms with van der Waals surface area (Å²) in [6.45, 7) is 2.24. The zero-order valence-corrected chi connectivity index (χ0v) is 12.1. The van der Waals surface area contributed by atoms with Gasteiger partial charge in [0.1, 0.15) is 6.04 Å². The van der Waals surface area contributed by atoms with Crippen molar-refractivity contribution in [1.29, 1.82) is 0 Å². The van der Waals surface area contributed by atoms with E-state index in [1.807, 2.05) is 13.2 Å². The van der Waals surface area contributed by atoms with E-state index in [0.29, 0.717) is 18.8 Å². The van der Waals surface area contributed by atoms with Gasteiger partial charge in [-0.1, -0.05) is 0 Å². The number of urea groups is 1. The summed E-state index contributed by atoms with van der Waals surface area (Å²) in [4.78, 5) is 24.3. The maximum Gasteiger partial charge on any atom is 0.326 e. The minimum absolute atomic E-state index is 0.106. The number of carboxylic acid groups (broad SMARTS) is 1. The summed E-state index contributed by atoms with van der Waals surface area (Å²) >= 11 is 1.55. The largest absolute Gasteiger partial charge is 0.480 e. The molecule has 0 radical (unpaired) electrons. The van der Waals surface area contributed by atoms with E-state index in [1.54, 1.807) is 25.9 Å². The third kappa shape index (κ3) is 6.11. The Hall–Kier alpha value is -0.950. The molecular weight excluding hydrogens is 256 g/mol. The van der Waals surface area contributed by atoms with E-state index in [1.165, 1.54) is 4.90 Å². The van der Waals surface area contributed by atoms with Gasteiger partial charge in [0.2, 0.25) is 0 Å². The van der Waals surface area contributed by atoms with Crippen molar-refractivity contribution in [3.63, 3.8) is 0 Å². The molecule has 106 valence electrons. The number of thioether (sulfide) groups is 1. The quantitative estimate of drug-likeness (QED) is 0.689. The number of amides is 2. The Morgan fingerprint density at radius 1 is 1.50 bits per heavy atom. The fraction of sp³-hybridized carbons (Fsp3) is 0.818. The van der Waals surface area contributed by atoms with Crippen LogP contribution in [-0.2, 0) is 9.53 Å². The van der Waals surface area contributed by atoms with Crippen LogP contribution in [0.4, 0.5) is 4.79 Å². The summed E-state index contributed by atoms with van der Waals surface area (Å²) in [6, 6.07) is -1.35. The van der Waals surface area contributed by atoms with E-state index in [-0.39, 0.29) is 6.04 Å². The first-order valence-corrected chi connectivity index (χ1v) is 7.07. The predicted molar refractivity (Wildman–Crippen MR) is 72.1 cm³/mol. The second kappa shape index (κ2) is 9.04. The summed E-state index contributed by atoms with van der Waals surface area (Å²) in [6.07, 6.45) is 2.31. The van der Waals surface area contributed by atoms with Crippen LogP contribution >= 0.6 is 11.8 Å². The Bertz CT molecular complexity index is 276. The fourth-order valence-electron chi connectivity index (χ4n) is 1.30. The summed E-state index contributed by atoms with van der Waals surface area (Å²) < 4.78 is 4.95. The number of hydrogen-bond acceptors (Lipinski definition) is 4. The lowest BCUT2D eigenvalue weighted by molar-refractivity contribution is -0.139. The number of carbonyl (C=O) groups is 2. The average molecular weight is 278 g/mol. The minimum atomic E-state index is -1.01. The van der Waals surface area contributed by atoms with E-state index < -0.39 is 18.0 Å². The molecule has 0 aromatic rings. The summed E-state index contributed by atoms with van der Waals surface area (Å²) in [5.41, 5.74) is 0. The third-order valence-electron chi connectivity index (χ3n) is 2.60. The maximum absolute atomic E-state index is 11.8. The lowest BCUT2D eigenvalue weighted by Crippen LogP contribution is -2.50. The first kappa shape index (κ1) is 17.1. The van der Waals surface area contributed by atoms with Gasteiger partial charge in [-0.15, -0.1) is 0 Å². The van der Waals surface area contributed by atoms with Crippen molar-refractivity contribution in [1.82, 2.24) is 10.2 Å². The number of ether oxygens (including phenoxy) is 1. The molecule has 6 nitrogen and oxygen atoms in total. The number of carbonyl (C=O) groups excluding carboxylic acids is 1. The van der Waals surface area contributed by atoms with Gasteiger partial charge in [0.25, 0.3) is 0 Å². The molecule has 0 aromatic heterocycles. The number of hydrogen-bond donors (Lipinski definition) is 2. The number of aliphatic carboxylic acids is 1. The molecule has 0 aliphatic rings. The Morgan fingerprint density at radius 3 is 2.56 bits per heavy atom. The SMILES string of the molecule is COCC(C)N(C)C(=O)N[C@H](CCSC)C(=O)O. The van der Waals surface area contributed by atoms with Crippen molar-refractivity contribution >= 4 is 23.8 Å². The Morgan fingerprint density at radius 2 is 2.11 bits per heavy atom. The maximum atomic E-state index is 11.8. The van der Waals surface area contributed by atoms with Gasteiger partial charge in [0.15, 0.2) is 0 Å². The van der Waals surface area contributed by atoms with Gasteiger partial charge in [-0.05, 0) is 25.4 Å². The van der Waals surface area contributed by atoms with Crippen LogP contribution in [0.1, 0.15) is 13.3 Å². The van der Waals surface area contributed by atoms with Gasteiger partial charge in [-0.25, -0.2) is 9.59 Å². The van der Waals surface area contributed by atoms with E-state index in [2.05, 4.69) is 5.32 Å². The number of carboxylic acids is 1.